The highest BCUT2D eigenvalue weighted by Gasteiger charge is 2.19. The third-order valence-electron chi connectivity index (χ3n) is 3.74. The van der Waals surface area contributed by atoms with E-state index >= 15 is 0 Å². The number of aliphatic hydroxyl groups is 1. The van der Waals surface area contributed by atoms with E-state index in [1.165, 1.54) is 0 Å². The maximum absolute atomic E-state index is 9.99. The number of hydrogen-bond acceptors (Lipinski definition) is 4. The Morgan fingerprint density at radius 2 is 1.76 bits per heavy atom. The molecule has 0 fully saturated rings. The van der Waals surface area contributed by atoms with Crippen LogP contribution in [0.2, 0.25) is 19.6 Å². The molecule has 4 nitrogen and oxygen atoms in total. The lowest BCUT2D eigenvalue weighted by Gasteiger charge is -2.21. The summed E-state index contributed by atoms with van der Waals surface area (Å²) in [5.41, 5.74) is 3.41. The van der Waals surface area contributed by atoms with Crippen molar-refractivity contribution >= 4 is 8.32 Å². The summed E-state index contributed by atoms with van der Waals surface area (Å²) in [5, 5.41) is 19.1. The first-order valence-corrected chi connectivity index (χ1v) is 11.7. The summed E-state index contributed by atoms with van der Waals surface area (Å²) < 4.78 is 12.0. The second-order valence-electron chi connectivity index (χ2n) is 7.12. The van der Waals surface area contributed by atoms with E-state index in [-0.39, 0.29) is 6.61 Å². The second kappa shape index (κ2) is 7.73. The Kier molecular flexibility index (Phi) is 5.88. The zero-order valence-electron chi connectivity index (χ0n) is 15.5. The van der Waals surface area contributed by atoms with Gasteiger partial charge in [0.15, 0.2) is 6.10 Å². The Balaban J connectivity index is 2.33. The van der Waals surface area contributed by atoms with Gasteiger partial charge in [-0.1, -0.05) is 24.3 Å². The minimum Gasteiger partial charge on any atom is -0.544 e. The molecule has 0 heterocycles. The first kappa shape index (κ1) is 19.0. The van der Waals surface area contributed by atoms with Crippen LogP contribution < -0.4 is 9.16 Å². The SMILES string of the molecule is Cc1cccc(C)c1OCc1cc(O[Si](C)(C)C)ccc1C(O)C#N. The lowest BCUT2D eigenvalue weighted by molar-refractivity contribution is 0.229. The van der Waals surface area contributed by atoms with Crippen LogP contribution in [0.1, 0.15) is 28.4 Å². The quantitative estimate of drug-likeness (QED) is 0.605. The van der Waals surface area contributed by atoms with Crippen molar-refractivity contribution in [1.82, 2.24) is 0 Å². The van der Waals surface area contributed by atoms with Gasteiger partial charge in [0, 0.05) is 5.56 Å². The lowest BCUT2D eigenvalue weighted by Crippen LogP contribution is -2.29. The van der Waals surface area contributed by atoms with E-state index in [1.54, 1.807) is 12.1 Å². The number of para-hydroxylation sites is 1. The predicted molar refractivity (Wildman–Crippen MR) is 101 cm³/mol. The zero-order valence-corrected chi connectivity index (χ0v) is 16.5. The summed E-state index contributed by atoms with van der Waals surface area (Å²) in [5.74, 6) is 1.57. The first-order chi connectivity index (χ1) is 11.7. The van der Waals surface area contributed by atoms with Crippen LogP contribution in [0.3, 0.4) is 0 Å². The van der Waals surface area contributed by atoms with E-state index in [0.717, 1.165) is 28.2 Å². The van der Waals surface area contributed by atoms with Crippen molar-refractivity contribution in [3.05, 3.63) is 58.7 Å². The molecule has 0 saturated heterocycles. The lowest BCUT2D eigenvalue weighted by atomic mass is 10.0. The second-order valence-corrected chi connectivity index (χ2v) is 11.5. The molecular weight excluding hydrogens is 330 g/mol. The minimum absolute atomic E-state index is 0.267. The highest BCUT2D eigenvalue weighted by molar-refractivity contribution is 6.70. The number of nitrogens with zero attached hydrogens (tertiary/aromatic N) is 1. The third kappa shape index (κ3) is 5.09. The Morgan fingerprint density at radius 1 is 1.12 bits per heavy atom. The van der Waals surface area contributed by atoms with E-state index in [1.807, 2.05) is 44.2 Å². The van der Waals surface area contributed by atoms with Crippen LogP contribution >= 0.6 is 0 Å². The van der Waals surface area contributed by atoms with Crippen molar-refractivity contribution in [2.75, 3.05) is 0 Å². The monoisotopic (exact) mass is 355 g/mol. The van der Waals surface area contributed by atoms with E-state index in [0.29, 0.717) is 5.56 Å². The largest absolute Gasteiger partial charge is 0.544 e. The molecule has 0 aliphatic rings. The van der Waals surface area contributed by atoms with Gasteiger partial charge in [0.05, 0.1) is 6.07 Å². The summed E-state index contributed by atoms with van der Waals surface area (Å²) in [6, 6.07) is 13.3. The van der Waals surface area contributed by atoms with Crippen LogP contribution in [0.25, 0.3) is 0 Å². The van der Waals surface area contributed by atoms with Gasteiger partial charge in [-0.3, -0.25) is 0 Å². The van der Waals surface area contributed by atoms with E-state index < -0.39 is 14.4 Å². The van der Waals surface area contributed by atoms with Crippen LogP contribution in [0.4, 0.5) is 0 Å². The fourth-order valence-electron chi connectivity index (χ4n) is 2.64. The molecule has 25 heavy (non-hydrogen) atoms. The maximum Gasteiger partial charge on any atom is 0.242 e. The molecule has 5 heteroatoms. The van der Waals surface area contributed by atoms with Crippen molar-refractivity contribution in [2.24, 2.45) is 0 Å². The summed E-state index contributed by atoms with van der Waals surface area (Å²) in [6.07, 6.45) is -1.18. The standard InChI is InChI=1S/C20H25NO3Si/c1-14-7-6-8-15(2)20(14)23-13-16-11-17(24-25(3,4)5)9-10-18(16)19(22)12-21/h6-11,19,22H,13H2,1-5H3. The summed E-state index contributed by atoms with van der Waals surface area (Å²) in [7, 11) is -1.75. The predicted octanol–water partition coefficient (Wildman–Crippen LogP) is 4.65. The number of benzene rings is 2. The molecule has 0 saturated carbocycles. The molecule has 2 aromatic rings. The fraction of sp³-hybridized carbons (Fsp3) is 0.350. The topological polar surface area (TPSA) is 62.5 Å². The molecule has 0 radical (unpaired) electrons. The van der Waals surface area contributed by atoms with Crippen LogP contribution in [0, 0.1) is 25.2 Å². The minimum atomic E-state index is -1.75. The summed E-state index contributed by atoms with van der Waals surface area (Å²) >= 11 is 0. The van der Waals surface area contributed by atoms with Gasteiger partial charge in [-0.2, -0.15) is 5.26 Å². The molecule has 132 valence electrons. The highest BCUT2D eigenvalue weighted by Crippen LogP contribution is 2.28. The number of aryl methyl sites for hydroxylation is 2. The number of hydrogen-bond donors (Lipinski definition) is 1. The average Bonchev–Trinajstić information content (AvgIpc) is 2.52. The van der Waals surface area contributed by atoms with Crippen molar-refractivity contribution in [2.45, 2.75) is 46.2 Å². The van der Waals surface area contributed by atoms with Gasteiger partial charge in [0.25, 0.3) is 0 Å². The molecule has 1 atom stereocenters. The van der Waals surface area contributed by atoms with Crippen LogP contribution in [-0.4, -0.2) is 13.4 Å². The van der Waals surface area contributed by atoms with Crippen molar-refractivity contribution < 1.29 is 14.3 Å². The number of nitriles is 1. The third-order valence-corrected chi connectivity index (χ3v) is 4.58. The van der Waals surface area contributed by atoms with Crippen LogP contribution in [0.15, 0.2) is 36.4 Å². The normalized spacial score (nSPS) is 12.4. The van der Waals surface area contributed by atoms with Gasteiger partial charge in [-0.15, -0.1) is 0 Å². The molecule has 0 aromatic heterocycles. The number of ether oxygens (including phenoxy) is 1. The van der Waals surface area contributed by atoms with Crippen LogP contribution in [0.5, 0.6) is 11.5 Å². The molecule has 0 bridgehead atoms. The van der Waals surface area contributed by atoms with Gasteiger partial charge in [0.2, 0.25) is 8.32 Å². The van der Waals surface area contributed by atoms with Gasteiger partial charge in [-0.25, -0.2) is 0 Å². The molecule has 0 aliphatic carbocycles. The Morgan fingerprint density at radius 3 is 2.32 bits per heavy atom. The van der Waals surface area contributed by atoms with Gasteiger partial charge in [0.1, 0.15) is 18.1 Å². The first-order valence-electron chi connectivity index (χ1n) is 8.30. The Labute approximate surface area is 150 Å². The fourth-order valence-corrected chi connectivity index (χ4v) is 3.47. The molecular formula is C20H25NO3Si. The summed E-state index contributed by atoms with van der Waals surface area (Å²) in [6.45, 7) is 10.6. The highest BCUT2D eigenvalue weighted by atomic mass is 28.4. The molecule has 1 N–H and O–H groups in total. The molecule has 1 unspecified atom stereocenters. The van der Waals surface area contributed by atoms with E-state index in [4.69, 9.17) is 14.4 Å². The van der Waals surface area contributed by atoms with E-state index in [9.17, 15) is 5.11 Å². The van der Waals surface area contributed by atoms with Crippen molar-refractivity contribution in [1.29, 1.82) is 5.26 Å². The van der Waals surface area contributed by atoms with Crippen molar-refractivity contribution in [3.8, 4) is 17.6 Å². The van der Waals surface area contributed by atoms with Gasteiger partial charge in [-0.05, 0) is 62.3 Å². The molecule has 2 rings (SSSR count). The summed E-state index contributed by atoms with van der Waals surface area (Å²) in [4.78, 5) is 0. The molecule has 2 aromatic carbocycles. The van der Waals surface area contributed by atoms with Gasteiger partial charge < -0.3 is 14.3 Å². The van der Waals surface area contributed by atoms with E-state index in [2.05, 4.69) is 19.6 Å². The number of aliphatic hydroxyl groups excluding tert-OH is 1. The maximum atomic E-state index is 9.99. The molecule has 0 aliphatic heterocycles. The Bertz CT molecular complexity index is 770. The Hall–Kier alpha value is -2.29. The molecule has 0 spiro atoms. The number of rotatable bonds is 6. The molecule has 0 amide bonds. The average molecular weight is 356 g/mol. The van der Waals surface area contributed by atoms with Crippen molar-refractivity contribution in [3.63, 3.8) is 0 Å². The van der Waals surface area contributed by atoms with Crippen LogP contribution in [-0.2, 0) is 6.61 Å². The smallest absolute Gasteiger partial charge is 0.242 e. The zero-order chi connectivity index (χ0) is 18.6. The van der Waals surface area contributed by atoms with Gasteiger partial charge >= 0.3 is 0 Å².